The van der Waals surface area contributed by atoms with E-state index in [1.54, 1.807) is 6.20 Å². The minimum atomic E-state index is 0.0885. The molecule has 0 saturated heterocycles. The topological polar surface area (TPSA) is 69.4 Å². The molecule has 0 saturated carbocycles. The highest BCUT2D eigenvalue weighted by Crippen LogP contribution is 2.17. The second-order valence-electron chi connectivity index (χ2n) is 3.94. The summed E-state index contributed by atoms with van der Waals surface area (Å²) in [5.74, 6) is 1.65. The summed E-state index contributed by atoms with van der Waals surface area (Å²) in [6, 6.07) is 8.04. The molecule has 1 unspecified atom stereocenters. The molecule has 2 heterocycles. The zero-order valence-corrected chi connectivity index (χ0v) is 9.44. The first-order chi connectivity index (χ1) is 8.33. The van der Waals surface area contributed by atoms with Gasteiger partial charge < -0.3 is 15.3 Å². The van der Waals surface area contributed by atoms with Gasteiger partial charge in [0.2, 0.25) is 5.95 Å². The van der Waals surface area contributed by atoms with E-state index in [1.807, 2.05) is 37.4 Å². The van der Waals surface area contributed by atoms with Gasteiger partial charge in [-0.15, -0.1) is 0 Å². The number of nitrogens with zero attached hydrogens (tertiary/aromatic N) is 2. The van der Waals surface area contributed by atoms with Crippen molar-refractivity contribution in [1.82, 2.24) is 19.9 Å². The Morgan fingerprint density at radius 1 is 1.29 bits per heavy atom. The number of fused-ring (bicyclic) bond motifs is 1. The first-order valence-corrected chi connectivity index (χ1v) is 5.53. The lowest BCUT2D eigenvalue weighted by Gasteiger charge is -2.09. The van der Waals surface area contributed by atoms with Crippen molar-refractivity contribution in [3.8, 4) is 0 Å². The summed E-state index contributed by atoms with van der Waals surface area (Å²) in [7, 11) is 0. The minimum absolute atomic E-state index is 0.0885. The molecule has 86 valence electrons. The van der Waals surface area contributed by atoms with Crippen LogP contribution in [0.25, 0.3) is 11.0 Å². The quantitative estimate of drug-likeness (QED) is 0.643. The molecule has 3 aromatic rings. The highest BCUT2D eigenvalue weighted by Gasteiger charge is 2.09. The molecule has 0 bridgehead atoms. The summed E-state index contributed by atoms with van der Waals surface area (Å²) in [6.07, 6.45) is 3.55. The van der Waals surface area contributed by atoms with Gasteiger partial charge in [-0.2, -0.15) is 0 Å². The number of imidazole rings is 2. The second-order valence-corrected chi connectivity index (χ2v) is 3.94. The maximum atomic E-state index is 4.45. The van der Waals surface area contributed by atoms with Crippen molar-refractivity contribution in [2.45, 2.75) is 13.0 Å². The van der Waals surface area contributed by atoms with E-state index in [0.717, 1.165) is 22.8 Å². The number of benzene rings is 1. The first-order valence-electron chi connectivity index (χ1n) is 5.53. The van der Waals surface area contributed by atoms with Gasteiger partial charge in [-0.1, -0.05) is 12.1 Å². The van der Waals surface area contributed by atoms with E-state index in [-0.39, 0.29) is 6.04 Å². The third kappa shape index (κ3) is 1.87. The lowest BCUT2D eigenvalue weighted by molar-refractivity contribution is 0.800. The molecule has 0 fully saturated rings. The van der Waals surface area contributed by atoms with Crippen LogP contribution in [0.3, 0.4) is 0 Å². The van der Waals surface area contributed by atoms with E-state index in [0.29, 0.717) is 0 Å². The van der Waals surface area contributed by atoms with Gasteiger partial charge in [-0.3, -0.25) is 0 Å². The Bertz CT molecular complexity index is 578. The Balaban J connectivity index is 1.85. The second kappa shape index (κ2) is 3.93. The maximum absolute atomic E-state index is 4.45. The molecule has 0 spiro atoms. The van der Waals surface area contributed by atoms with E-state index in [2.05, 4.69) is 25.3 Å². The molecule has 2 aromatic heterocycles. The number of hydrogen-bond acceptors (Lipinski definition) is 3. The number of anilines is 1. The number of aromatic nitrogens is 4. The summed E-state index contributed by atoms with van der Waals surface area (Å²) in [4.78, 5) is 15.0. The smallest absolute Gasteiger partial charge is 0.201 e. The Labute approximate surface area is 98.3 Å². The number of nitrogens with one attached hydrogen (secondary N) is 3. The Hall–Kier alpha value is -2.30. The lowest BCUT2D eigenvalue weighted by Crippen LogP contribution is -2.09. The molecule has 0 aliphatic heterocycles. The minimum Gasteiger partial charge on any atom is -0.347 e. The van der Waals surface area contributed by atoms with Crippen LogP contribution in [0.4, 0.5) is 5.95 Å². The summed E-state index contributed by atoms with van der Waals surface area (Å²) in [5, 5.41) is 3.27. The molecule has 1 atom stereocenters. The summed E-state index contributed by atoms with van der Waals surface area (Å²) < 4.78 is 0. The molecule has 5 nitrogen and oxygen atoms in total. The van der Waals surface area contributed by atoms with Crippen LogP contribution in [0, 0.1) is 0 Å². The number of rotatable bonds is 3. The number of H-pyrrole nitrogens is 2. The zero-order chi connectivity index (χ0) is 11.7. The fraction of sp³-hybridized carbons (Fsp3) is 0.167. The van der Waals surface area contributed by atoms with Crippen molar-refractivity contribution in [3.63, 3.8) is 0 Å². The van der Waals surface area contributed by atoms with Crippen LogP contribution >= 0.6 is 0 Å². The molecule has 0 amide bonds. The fourth-order valence-corrected chi connectivity index (χ4v) is 1.81. The molecule has 1 aromatic carbocycles. The normalized spacial score (nSPS) is 12.8. The Morgan fingerprint density at radius 2 is 2.18 bits per heavy atom. The number of para-hydroxylation sites is 2. The molecule has 5 heteroatoms. The van der Waals surface area contributed by atoms with E-state index < -0.39 is 0 Å². The van der Waals surface area contributed by atoms with Gasteiger partial charge in [-0.25, -0.2) is 9.97 Å². The van der Waals surface area contributed by atoms with Gasteiger partial charge in [0.05, 0.1) is 17.1 Å². The molecule has 0 aliphatic rings. The standard InChI is InChI=1S/C12H13N5/c1-8(11-13-6-7-14-11)15-12-16-9-4-2-3-5-10(9)17-12/h2-8H,1H3,(H,13,14)(H2,15,16,17). The van der Waals surface area contributed by atoms with Gasteiger partial charge in [-0.05, 0) is 19.1 Å². The van der Waals surface area contributed by atoms with E-state index in [9.17, 15) is 0 Å². The largest absolute Gasteiger partial charge is 0.347 e. The Morgan fingerprint density at radius 3 is 2.94 bits per heavy atom. The summed E-state index contributed by atoms with van der Waals surface area (Å²) >= 11 is 0. The predicted molar refractivity (Wildman–Crippen MR) is 66.7 cm³/mol. The third-order valence-electron chi connectivity index (χ3n) is 2.67. The molecular weight excluding hydrogens is 214 g/mol. The van der Waals surface area contributed by atoms with Crippen molar-refractivity contribution in [1.29, 1.82) is 0 Å². The number of aromatic amines is 2. The SMILES string of the molecule is CC(Nc1nc2ccccc2[nH]1)c1ncc[nH]1. The monoisotopic (exact) mass is 227 g/mol. The predicted octanol–water partition coefficient (Wildman–Crippen LogP) is 2.46. The third-order valence-corrected chi connectivity index (χ3v) is 2.67. The van der Waals surface area contributed by atoms with Crippen LogP contribution in [-0.4, -0.2) is 19.9 Å². The first kappa shape index (κ1) is 9.89. The van der Waals surface area contributed by atoms with Gasteiger partial charge >= 0.3 is 0 Å². The average molecular weight is 227 g/mol. The van der Waals surface area contributed by atoms with Crippen LogP contribution in [0.2, 0.25) is 0 Å². The lowest BCUT2D eigenvalue weighted by atomic mass is 10.3. The summed E-state index contributed by atoms with van der Waals surface area (Å²) in [5.41, 5.74) is 1.99. The van der Waals surface area contributed by atoms with Crippen molar-refractivity contribution in [2.24, 2.45) is 0 Å². The van der Waals surface area contributed by atoms with Gasteiger partial charge in [0.1, 0.15) is 5.82 Å². The van der Waals surface area contributed by atoms with Gasteiger partial charge in [0.25, 0.3) is 0 Å². The van der Waals surface area contributed by atoms with Crippen molar-refractivity contribution in [3.05, 3.63) is 42.5 Å². The average Bonchev–Trinajstić information content (AvgIpc) is 2.97. The van der Waals surface area contributed by atoms with Crippen LogP contribution < -0.4 is 5.32 Å². The molecule has 3 N–H and O–H groups in total. The van der Waals surface area contributed by atoms with Crippen LogP contribution in [-0.2, 0) is 0 Å². The fourth-order valence-electron chi connectivity index (χ4n) is 1.81. The van der Waals surface area contributed by atoms with Crippen molar-refractivity contribution in [2.75, 3.05) is 5.32 Å². The molecular formula is C12H13N5. The van der Waals surface area contributed by atoms with Crippen LogP contribution in [0.5, 0.6) is 0 Å². The van der Waals surface area contributed by atoms with Gasteiger partial charge in [0, 0.05) is 12.4 Å². The maximum Gasteiger partial charge on any atom is 0.201 e. The molecule has 17 heavy (non-hydrogen) atoms. The van der Waals surface area contributed by atoms with Crippen molar-refractivity contribution >= 4 is 17.0 Å². The van der Waals surface area contributed by atoms with E-state index >= 15 is 0 Å². The molecule has 0 radical (unpaired) electrons. The van der Waals surface area contributed by atoms with Crippen LogP contribution in [0.15, 0.2) is 36.7 Å². The molecule has 0 aliphatic carbocycles. The van der Waals surface area contributed by atoms with E-state index in [1.165, 1.54) is 0 Å². The number of hydrogen-bond donors (Lipinski definition) is 3. The van der Waals surface area contributed by atoms with Crippen LogP contribution in [0.1, 0.15) is 18.8 Å². The van der Waals surface area contributed by atoms with Crippen molar-refractivity contribution < 1.29 is 0 Å². The van der Waals surface area contributed by atoms with E-state index in [4.69, 9.17) is 0 Å². The summed E-state index contributed by atoms with van der Waals surface area (Å²) in [6.45, 7) is 2.03. The highest BCUT2D eigenvalue weighted by molar-refractivity contribution is 5.77. The Kier molecular flexibility index (Phi) is 2.29. The zero-order valence-electron chi connectivity index (χ0n) is 9.44. The van der Waals surface area contributed by atoms with Gasteiger partial charge in [0.15, 0.2) is 0 Å². The molecule has 3 rings (SSSR count). The highest BCUT2D eigenvalue weighted by atomic mass is 15.1.